The Hall–Kier alpha value is -3.52. The summed E-state index contributed by atoms with van der Waals surface area (Å²) in [6.07, 6.45) is 2.69. The number of unbranched alkanes of at least 4 members (excludes halogenated alkanes) is 1. The Morgan fingerprint density at radius 1 is 1.10 bits per heavy atom. The fourth-order valence-electron chi connectivity index (χ4n) is 5.27. The van der Waals surface area contributed by atoms with Gasteiger partial charge in [-0.3, -0.25) is 9.59 Å². The molecular weight excluding hydrogens is 496 g/mol. The first-order chi connectivity index (χ1) is 18.8. The fourth-order valence-corrected chi connectivity index (χ4v) is 5.27. The van der Waals surface area contributed by atoms with Gasteiger partial charge >= 0.3 is 0 Å². The second-order valence-corrected chi connectivity index (χ2v) is 10.1. The van der Waals surface area contributed by atoms with Gasteiger partial charge in [0.15, 0.2) is 11.5 Å². The number of hydrogen-bond donors (Lipinski definition) is 1. The van der Waals surface area contributed by atoms with Crippen LogP contribution in [0, 0.1) is 0 Å². The Bertz CT molecular complexity index is 1240. The van der Waals surface area contributed by atoms with Gasteiger partial charge in [0.1, 0.15) is 17.6 Å². The summed E-state index contributed by atoms with van der Waals surface area (Å²) in [6.45, 7) is 11.4. The Balaban J connectivity index is 1.78. The Morgan fingerprint density at radius 2 is 1.87 bits per heavy atom. The van der Waals surface area contributed by atoms with Crippen molar-refractivity contribution in [2.75, 3.05) is 39.9 Å². The van der Waals surface area contributed by atoms with Crippen LogP contribution in [0.1, 0.15) is 63.3 Å². The summed E-state index contributed by atoms with van der Waals surface area (Å²) in [5.41, 5.74) is 2.21. The zero-order valence-electron chi connectivity index (χ0n) is 23.7. The smallest absolute Gasteiger partial charge is 0.295 e. The van der Waals surface area contributed by atoms with E-state index >= 15 is 0 Å². The molecule has 8 heteroatoms. The molecule has 1 N–H and O–H groups in total. The molecule has 0 aromatic heterocycles. The minimum absolute atomic E-state index is 0.0496. The number of hydrogen-bond acceptors (Lipinski definition) is 7. The maximum absolute atomic E-state index is 13.5. The number of aliphatic hydroxyl groups is 1. The van der Waals surface area contributed by atoms with Crippen LogP contribution in [0.3, 0.4) is 0 Å². The fraction of sp³-hybridized carbons (Fsp3) is 0.484. The first-order valence-corrected chi connectivity index (χ1v) is 13.9. The van der Waals surface area contributed by atoms with Crippen LogP contribution in [0.4, 0.5) is 0 Å². The van der Waals surface area contributed by atoms with Gasteiger partial charge in [-0.25, -0.2) is 0 Å². The summed E-state index contributed by atoms with van der Waals surface area (Å²) in [5, 5.41) is 11.5. The lowest BCUT2D eigenvalue weighted by atomic mass is 9.94. The van der Waals surface area contributed by atoms with Crippen LogP contribution in [-0.4, -0.2) is 72.6 Å². The van der Waals surface area contributed by atoms with E-state index in [0.29, 0.717) is 42.3 Å². The molecular formula is C31H40N2O6. The van der Waals surface area contributed by atoms with Crippen LogP contribution in [0.15, 0.2) is 42.0 Å². The van der Waals surface area contributed by atoms with Gasteiger partial charge in [0, 0.05) is 25.1 Å². The number of Topliss-reactive ketones (excluding diaryl/α,β-unsaturated/α-hetero) is 1. The number of benzene rings is 2. The number of likely N-dealkylation sites (N-methyl/N-ethyl adjacent to an activating group) is 1. The van der Waals surface area contributed by atoms with E-state index in [4.69, 9.17) is 14.2 Å². The molecule has 2 aromatic rings. The molecule has 1 amide bonds. The highest BCUT2D eigenvalue weighted by Gasteiger charge is 2.46. The Morgan fingerprint density at radius 3 is 2.56 bits per heavy atom. The molecule has 2 heterocycles. The van der Waals surface area contributed by atoms with E-state index in [9.17, 15) is 14.7 Å². The monoisotopic (exact) mass is 536 g/mol. The largest absolute Gasteiger partial charge is 0.507 e. The molecule has 2 aliphatic heterocycles. The molecule has 2 aromatic carbocycles. The van der Waals surface area contributed by atoms with Gasteiger partial charge in [-0.1, -0.05) is 33.3 Å². The number of likely N-dealkylation sites (tertiary alicyclic amines) is 1. The number of carbonyl (C=O) groups excluding carboxylic acids is 2. The van der Waals surface area contributed by atoms with Crippen molar-refractivity contribution in [1.82, 2.24) is 9.80 Å². The number of nitrogens with zero attached hydrogens (tertiary/aromatic N) is 2. The average Bonchev–Trinajstić information content (AvgIpc) is 3.44. The summed E-state index contributed by atoms with van der Waals surface area (Å²) in [5.74, 6) is 0.398. The van der Waals surface area contributed by atoms with E-state index in [1.807, 2.05) is 31.2 Å². The van der Waals surface area contributed by atoms with Crippen LogP contribution < -0.4 is 14.2 Å². The highest BCUT2D eigenvalue weighted by atomic mass is 16.5. The molecule has 2 unspecified atom stereocenters. The second kappa shape index (κ2) is 12.6. The third-order valence-electron chi connectivity index (χ3n) is 7.52. The number of fused-ring (bicyclic) bond motifs is 1. The molecule has 2 aliphatic rings. The van der Waals surface area contributed by atoms with Crippen molar-refractivity contribution in [3.05, 3.63) is 58.7 Å². The van der Waals surface area contributed by atoms with Gasteiger partial charge < -0.3 is 29.1 Å². The number of amides is 1. The number of carbonyl (C=O) groups is 2. The molecule has 39 heavy (non-hydrogen) atoms. The normalized spacial score (nSPS) is 19.9. The van der Waals surface area contributed by atoms with Crippen molar-refractivity contribution in [2.45, 2.75) is 59.1 Å². The molecule has 1 saturated heterocycles. The predicted octanol–water partition coefficient (Wildman–Crippen LogP) is 4.96. The van der Waals surface area contributed by atoms with Crippen LogP contribution in [0.25, 0.3) is 5.76 Å². The molecule has 4 rings (SSSR count). The zero-order chi connectivity index (χ0) is 28.1. The molecule has 0 spiro atoms. The third-order valence-corrected chi connectivity index (χ3v) is 7.52. The van der Waals surface area contributed by atoms with Crippen molar-refractivity contribution in [3.8, 4) is 17.2 Å². The molecule has 210 valence electrons. The average molecular weight is 537 g/mol. The predicted molar refractivity (Wildman–Crippen MR) is 150 cm³/mol. The van der Waals surface area contributed by atoms with Gasteiger partial charge in [-0.2, -0.15) is 0 Å². The van der Waals surface area contributed by atoms with Crippen molar-refractivity contribution in [1.29, 1.82) is 0 Å². The molecule has 0 saturated carbocycles. The van der Waals surface area contributed by atoms with Gasteiger partial charge in [-0.05, 0) is 67.9 Å². The minimum atomic E-state index is -0.761. The minimum Gasteiger partial charge on any atom is -0.507 e. The van der Waals surface area contributed by atoms with Crippen LogP contribution in [0.2, 0.25) is 0 Å². The second-order valence-electron chi connectivity index (χ2n) is 10.1. The van der Waals surface area contributed by atoms with Crippen molar-refractivity contribution in [2.24, 2.45) is 0 Å². The maximum atomic E-state index is 13.5. The van der Waals surface area contributed by atoms with Gasteiger partial charge in [0.05, 0.1) is 25.3 Å². The van der Waals surface area contributed by atoms with Crippen molar-refractivity contribution < 1.29 is 28.9 Å². The molecule has 2 atom stereocenters. The first kappa shape index (κ1) is 28.5. The lowest BCUT2D eigenvalue weighted by Gasteiger charge is -2.28. The number of ketones is 1. The van der Waals surface area contributed by atoms with Gasteiger partial charge in [-0.15, -0.1) is 0 Å². The summed E-state index contributed by atoms with van der Waals surface area (Å²) in [7, 11) is 1.57. The third kappa shape index (κ3) is 5.91. The van der Waals surface area contributed by atoms with Gasteiger partial charge in [0.25, 0.3) is 11.7 Å². The van der Waals surface area contributed by atoms with Gasteiger partial charge in [0.2, 0.25) is 0 Å². The lowest BCUT2D eigenvalue weighted by Crippen LogP contribution is -2.38. The Labute approximate surface area is 231 Å². The summed E-state index contributed by atoms with van der Waals surface area (Å²) < 4.78 is 17.3. The topological polar surface area (TPSA) is 88.5 Å². The molecule has 8 nitrogen and oxygen atoms in total. The molecule has 0 aliphatic carbocycles. The highest BCUT2D eigenvalue weighted by Crippen LogP contribution is 2.42. The van der Waals surface area contributed by atoms with Crippen molar-refractivity contribution >= 4 is 17.4 Å². The molecule has 0 bridgehead atoms. The number of rotatable bonds is 12. The van der Waals surface area contributed by atoms with E-state index in [2.05, 4.69) is 25.7 Å². The number of methoxy groups -OCH3 is 1. The standard InChI is InChI=1S/C31H40N2O6/c1-6-9-16-38-25-13-10-21(19-26(25)37-5)28-27(30(35)31(36)33(28)15-14-32(7-2)8-3)29(34)22-11-12-24-23(18-22)17-20(4)39-24/h10-13,18-20,28,34H,6-9,14-17H2,1-5H3/b29-27-. The SMILES string of the molecule is CCCCOc1ccc(C2/C(=C(/O)c3ccc4c(c3)CC(C)O4)C(=O)C(=O)N2CCN(CC)CC)cc1OC. The van der Waals surface area contributed by atoms with Crippen LogP contribution in [-0.2, 0) is 16.0 Å². The lowest BCUT2D eigenvalue weighted by molar-refractivity contribution is -0.140. The molecule has 0 radical (unpaired) electrons. The maximum Gasteiger partial charge on any atom is 0.295 e. The molecule has 1 fully saturated rings. The first-order valence-electron chi connectivity index (χ1n) is 13.9. The number of aliphatic hydroxyl groups excluding tert-OH is 1. The van der Waals surface area contributed by atoms with Crippen molar-refractivity contribution in [3.63, 3.8) is 0 Å². The number of ether oxygens (including phenoxy) is 3. The zero-order valence-corrected chi connectivity index (χ0v) is 23.7. The van der Waals surface area contributed by atoms with E-state index in [-0.39, 0.29) is 17.4 Å². The van der Waals surface area contributed by atoms with E-state index < -0.39 is 17.7 Å². The van der Waals surface area contributed by atoms with Crippen LogP contribution >= 0.6 is 0 Å². The highest BCUT2D eigenvalue weighted by molar-refractivity contribution is 6.46. The Kier molecular flexibility index (Phi) is 9.17. The van der Waals surface area contributed by atoms with E-state index in [1.54, 1.807) is 24.1 Å². The van der Waals surface area contributed by atoms with E-state index in [0.717, 1.165) is 43.7 Å². The summed E-state index contributed by atoms with van der Waals surface area (Å²) in [4.78, 5) is 30.6. The summed E-state index contributed by atoms with van der Waals surface area (Å²) >= 11 is 0. The van der Waals surface area contributed by atoms with E-state index in [1.165, 1.54) is 0 Å². The summed E-state index contributed by atoms with van der Waals surface area (Å²) in [6, 6.07) is 10.1. The van der Waals surface area contributed by atoms with Crippen LogP contribution in [0.5, 0.6) is 17.2 Å². The quantitative estimate of drug-likeness (QED) is 0.178.